The summed E-state index contributed by atoms with van der Waals surface area (Å²) in [6, 6.07) is 3.73. The number of nitrogens with two attached hydrogens (primary N) is 1. The standard InChI is InChI=1S/C9H10BrNO2/c1-5(11)8-6(10)2-3-7-9(8)13-4-12-7/h2-3,5H,4,11H2,1H3. The highest BCUT2D eigenvalue weighted by atomic mass is 79.9. The molecule has 3 nitrogen and oxygen atoms in total. The van der Waals surface area contributed by atoms with Crippen LogP contribution < -0.4 is 15.2 Å². The fourth-order valence-corrected chi connectivity index (χ4v) is 2.07. The van der Waals surface area contributed by atoms with Gasteiger partial charge in [-0.15, -0.1) is 0 Å². The summed E-state index contributed by atoms with van der Waals surface area (Å²) in [5.74, 6) is 1.54. The smallest absolute Gasteiger partial charge is 0.231 e. The predicted molar refractivity (Wildman–Crippen MR) is 52.9 cm³/mol. The molecule has 2 N–H and O–H groups in total. The molecule has 70 valence electrons. The quantitative estimate of drug-likeness (QED) is 0.823. The summed E-state index contributed by atoms with van der Waals surface area (Å²) < 4.78 is 11.5. The highest BCUT2D eigenvalue weighted by Gasteiger charge is 2.21. The molecule has 4 heteroatoms. The Morgan fingerprint density at radius 2 is 2.23 bits per heavy atom. The van der Waals surface area contributed by atoms with Crippen LogP contribution in [-0.4, -0.2) is 6.79 Å². The van der Waals surface area contributed by atoms with Gasteiger partial charge in [0, 0.05) is 16.1 Å². The lowest BCUT2D eigenvalue weighted by atomic mass is 10.1. The molecule has 1 aliphatic rings. The lowest BCUT2D eigenvalue weighted by molar-refractivity contribution is 0.173. The van der Waals surface area contributed by atoms with E-state index >= 15 is 0 Å². The summed E-state index contributed by atoms with van der Waals surface area (Å²) in [6.07, 6.45) is 0. The Labute approximate surface area is 85.0 Å². The number of halogens is 1. The van der Waals surface area contributed by atoms with Gasteiger partial charge < -0.3 is 15.2 Å². The monoisotopic (exact) mass is 243 g/mol. The molecular weight excluding hydrogens is 234 g/mol. The molecule has 1 aromatic carbocycles. The fraction of sp³-hybridized carbons (Fsp3) is 0.333. The van der Waals surface area contributed by atoms with Gasteiger partial charge in [-0.2, -0.15) is 0 Å². The summed E-state index contributed by atoms with van der Waals surface area (Å²) in [5.41, 5.74) is 6.79. The van der Waals surface area contributed by atoms with E-state index in [2.05, 4.69) is 15.9 Å². The molecule has 0 bridgehead atoms. The van der Waals surface area contributed by atoms with Crippen LogP contribution in [-0.2, 0) is 0 Å². The average Bonchev–Trinajstić information content (AvgIpc) is 2.50. The summed E-state index contributed by atoms with van der Waals surface area (Å²) in [7, 11) is 0. The van der Waals surface area contributed by atoms with Crippen molar-refractivity contribution in [3.8, 4) is 11.5 Å². The van der Waals surface area contributed by atoms with Crippen LogP contribution in [0.3, 0.4) is 0 Å². The molecule has 1 unspecified atom stereocenters. The van der Waals surface area contributed by atoms with E-state index in [-0.39, 0.29) is 12.8 Å². The van der Waals surface area contributed by atoms with Gasteiger partial charge in [0.05, 0.1) is 0 Å². The van der Waals surface area contributed by atoms with E-state index in [4.69, 9.17) is 15.2 Å². The van der Waals surface area contributed by atoms with Crippen molar-refractivity contribution in [2.75, 3.05) is 6.79 Å². The van der Waals surface area contributed by atoms with Gasteiger partial charge >= 0.3 is 0 Å². The number of ether oxygens (including phenoxy) is 2. The molecule has 0 aliphatic carbocycles. The first-order valence-electron chi connectivity index (χ1n) is 4.03. The zero-order valence-corrected chi connectivity index (χ0v) is 8.80. The molecule has 0 radical (unpaired) electrons. The molecule has 0 amide bonds. The van der Waals surface area contributed by atoms with Crippen LogP contribution in [0, 0.1) is 0 Å². The van der Waals surface area contributed by atoms with E-state index in [1.807, 2.05) is 19.1 Å². The summed E-state index contributed by atoms with van der Waals surface area (Å²) in [5, 5.41) is 0. The van der Waals surface area contributed by atoms with E-state index in [9.17, 15) is 0 Å². The molecule has 2 rings (SSSR count). The minimum Gasteiger partial charge on any atom is -0.454 e. The third-order valence-corrected chi connectivity index (χ3v) is 2.67. The number of hydrogen-bond donors (Lipinski definition) is 1. The molecular formula is C9H10BrNO2. The van der Waals surface area contributed by atoms with Crippen LogP contribution in [0.15, 0.2) is 16.6 Å². The molecule has 0 saturated carbocycles. The van der Waals surface area contributed by atoms with E-state index in [0.717, 1.165) is 21.5 Å². The number of rotatable bonds is 1. The van der Waals surface area contributed by atoms with Gasteiger partial charge in [0.2, 0.25) is 6.79 Å². The first-order valence-corrected chi connectivity index (χ1v) is 4.83. The zero-order valence-electron chi connectivity index (χ0n) is 7.21. The van der Waals surface area contributed by atoms with E-state index in [0.29, 0.717) is 0 Å². The van der Waals surface area contributed by atoms with Gasteiger partial charge in [-0.05, 0) is 19.1 Å². The Morgan fingerprint density at radius 3 is 2.92 bits per heavy atom. The van der Waals surface area contributed by atoms with Crippen LogP contribution in [0.25, 0.3) is 0 Å². The Balaban J connectivity index is 2.58. The third-order valence-electron chi connectivity index (χ3n) is 1.98. The molecule has 1 aliphatic heterocycles. The van der Waals surface area contributed by atoms with Crippen molar-refractivity contribution >= 4 is 15.9 Å². The minimum atomic E-state index is -0.0639. The lowest BCUT2D eigenvalue weighted by Crippen LogP contribution is -2.07. The zero-order chi connectivity index (χ0) is 9.42. The average molecular weight is 244 g/mol. The highest BCUT2D eigenvalue weighted by Crippen LogP contribution is 2.41. The van der Waals surface area contributed by atoms with Gasteiger partial charge in [-0.3, -0.25) is 0 Å². The van der Waals surface area contributed by atoms with Gasteiger partial charge in [-0.25, -0.2) is 0 Å². The second-order valence-electron chi connectivity index (χ2n) is 2.98. The van der Waals surface area contributed by atoms with Gasteiger partial charge in [-0.1, -0.05) is 15.9 Å². The lowest BCUT2D eigenvalue weighted by Gasteiger charge is -2.11. The van der Waals surface area contributed by atoms with Crippen LogP contribution >= 0.6 is 15.9 Å². The van der Waals surface area contributed by atoms with Crippen molar-refractivity contribution in [2.45, 2.75) is 13.0 Å². The predicted octanol–water partition coefficient (Wildman–Crippen LogP) is 2.20. The topological polar surface area (TPSA) is 44.5 Å². The second kappa shape index (κ2) is 3.20. The number of fused-ring (bicyclic) bond motifs is 1. The molecule has 0 fully saturated rings. The largest absolute Gasteiger partial charge is 0.454 e. The summed E-state index contributed by atoms with van der Waals surface area (Å²) >= 11 is 3.43. The van der Waals surface area contributed by atoms with E-state index in [1.165, 1.54) is 0 Å². The maximum Gasteiger partial charge on any atom is 0.231 e. The third kappa shape index (κ3) is 1.40. The molecule has 1 heterocycles. The SMILES string of the molecule is CC(N)c1c(Br)ccc2c1OCO2. The van der Waals surface area contributed by atoms with Crippen LogP contribution in [0.5, 0.6) is 11.5 Å². The van der Waals surface area contributed by atoms with Crippen LogP contribution in [0.4, 0.5) is 0 Å². The molecule has 0 saturated heterocycles. The molecule has 1 atom stereocenters. The number of benzene rings is 1. The summed E-state index contributed by atoms with van der Waals surface area (Å²) in [4.78, 5) is 0. The Bertz CT molecular complexity index is 339. The molecule has 0 spiro atoms. The maximum atomic E-state index is 5.82. The fourth-order valence-electron chi connectivity index (χ4n) is 1.39. The maximum absolute atomic E-state index is 5.82. The van der Waals surface area contributed by atoms with Gasteiger partial charge in [0.25, 0.3) is 0 Å². The Morgan fingerprint density at radius 1 is 1.46 bits per heavy atom. The van der Waals surface area contributed by atoms with Crippen molar-refractivity contribution in [3.63, 3.8) is 0 Å². The normalized spacial score (nSPS) is 15.9. The first-order chi connectivity index (χ1) is 6.20. The van der Waals surface area contributed by atoms with E-state index < -0.39 is 0 Å². The van der Waals surface area contributed by atoms with E-state index in [1.54, 1.807) is 0 Å². The molecule has 0 aromatic heterocycles. The van der Waals surface area contributed by atoms with Gasteiger partial charge in [0.15, 0.2) is 11.5 Å². The second-order valence-corrected chi connectivity index (χ2v) is 3.84. The molecule has 1 aromatic rings. The van der Waals surface area contributed by atoms with Crippen molar-refractivity contribution in [2.24, 2.45) is 5.73 Å². The Hall–Kier alpha value is -0.740. The van der Waals surface area contributed by atoms with Crippen molar-refractivity contribution in [1.82, 2.24) is 0 Å². The van der Waals surface area contributed by atoms with Crippen LogP contribution in [0.2, 0.25) is 0 Å². The highest BCUT2D eigenvalue weighted by molar-refractivity contribution is 9.10. The van der Waals surface area contributed by atoms with Crippen molar-refractivity contribution < 1.29 is 9.47 Å². The van der Waals surface area contributed by atoms with Crippen molar-refractivity contribution in [1.29, 1.82) is 0 Å². The van der Waals surface area contributed by atoms with Crippen molar-refractivity contribution in [3.05, 3.63) is 22.2 Å². The molecule has 13 heavy (non-hydrogen) atoms. The minimum absolute atomic E-state index is 0.0639. The first kappa shape index (κ1) is 8.84. The Kier molecular flexibility index (Phi) is 2.17. The summed E-state index contributed by atoms with van der Waals surface area (Å²) in [6.45, 7) is 2.20. The van der Waals surface area contributed by atoms with Gasteiger partial charge in [0.1, 0.15) is 0 Å². The number of hydrogen-bond acceptors (Lipinski definition) is 3. The van der Waals surface area contributed by atoms with Crippen LogP contribution in [0.1, 0.15) is 18.5 Å².